The summed E-state index contributed by atoms with van der Waals surface area (Å²) in [6.45, 7) is 2.11. The van der Waals surface area contributed by atoms with E-state index in [0.717, 1.165) is 41.8 Å². The Morgan fingerprint density at radius 3 is 2.65 bits per heavy atom. The Hall–Kier alpha value is -3.55. The van der Waals surface area contributed by atoms with E-state index in [1.165, 1.54) is 11.1 Å². The molecule has 3 aromatic carbocycles. The summed E-state index contributed by atoms with van der Waals surface area (Å²) in [4.78, 5) is 25.9. The Balaban J connectivity index is 1.33. The highest BCUT2D eigenvalue weighted by Crippen LogP contribution is 2.45. The number of hydrogen-bond acceptors (Lipinski definition) is 7. The zero-order valence-electron chi connectivity index (χ0n) is 19.1. The van der Waals surface area contributed by atoms with Crippen molar-refractivity contribution < 1.29 is 28.8 Å². The Kier molecular flexibility index (Phi) is 5.16. The second-order valence-electron chi connectivity index (χ2n) is 8.80. The van der Waals surface area contributed by atoms with Crippen molar-refractivity contribution in [3.05, 3.63) is 81.9 Å². The highest BCUT2D eigenvalue weighted by atomic mass is 17.2. The van der Waals surface area contributed by atoms with Crippen LogP contribution in [0, 0.1) is 0 Å². The molecule has 0 aromatic heterocycles. The van der Waals surface area contributed by atoms with Gasteiger partial charge in [0.15, 0.2) is 17.2 Å². The molecule has 0 aliphatic carbocycles. The van der Waals surface area contributed by atoms with E-state index in [-0.39, 0.29) is 6.04 Å². The average Bonchev–Trinajstić information content (AvgIpc) is 3.34. The first kappa shape index (κ1) is 21.0. The molecule has 0 radical (unpaired) electrons. The fraction of sp³-hybridized carbons (Fsp3) is 0.296. The maximum absolute atomic E-state index is 13.0. The summed E-state index contributed by atoms with van der Waals surface area (Å²) in [5.74, 6) is 2.13. The van der Waals surface area contributed by atoms with Crippen molar-refractivity contribution in [3.63, 3.8) is 0 Å². The number of ether oxygens (including phenoxy) is 3. The Morgan fingerprint density at radius 2 is 1.85 bits per heavy atom. The van der Waals surface area contributed by atoms with E-state index in [4.69, 9.17) is 24.0 Å². The molecule has 1 unspecified atom stereocenters. The lowest BCUT2D eigenvalue weighted by Crippen LogP contribution is -2.39. The maximum atomic E-state index is 13.0. The number of rotatable bonds is 4. The maximum Gasteiger partial charge on any atom is 0.343 e. The number of benzene rings is 3. The van der Waals surface area contributed by atoms with Gasteiger partial charge in [-0.05, 0) is 72.0 Å². The van der Waals surface area contributed by atoms with Gasteiger partial charge < -0.3 is 19.1 Å². The third kappa shape index (κ3) is 3.48. The minimum absolute atomic E-state index is 0.240. The largest absolute Gasteiger partial charge is 0.497 e. The first-order chi connectivity index (χ1) is 16.6. The number of hydrogen-bond donors (Lipinski definition) is 0. The van der Waals surface area contributed by atoms with Crippen LogP contribution in [0.25, 0.3) is 0 Å². The highest BCUT2D eigenvalue weighted by molar-refractivity contribution is 5.91. The fourth-order valence-corrected chi connectivity index (χ4v) is 5.18. The molecule has 0 saturated carbocycles. The SMILES string of the molecule is COc1ccc(C(=O)Oc2c(OC)ccc3c2CN2CCc4cc5c(cc4C2C3)OOC5)cc1. The van der Waals surface area contributed by atoms with Crippen LogP contribution in [-0.2, 0) is 30.9 Å². The van der Waals surface area contributed by atoms with Crippen molar-refractivity contribution in [1.29, 1.82) is 0 Å². The smallest absolute Gasteiger partial charge is 0.343 e. The van der Waals surface area contributed by atoms with Crippen molar-refractivity contribution in [2.45, 2.75) is 32.0 Å². The van der Waals surface area contributed by atoms with E-state index in [1.807, 2.05) is 6.07 Å². The van der Waals surface area contributed by atoms with Crippen LogP contribution in [0.5, 0.6) is 23.0 Å². The highest BCUT2D eigenvalue weighted by Gasteiger charge is 2.36. The van der Waals surface area contributed by atoms with Crippen LogP contribution in [0.1, 0.15) is 44.2 Å². The number of fused-ring (bicyclic) bond motifs is 5. The number of methoxy groups -OCH3 is 2. The van der Waals surface area contributed by atoms with Crippen LogP contribution in [-0.4, -0.2) is 31.6 Å². The van der Waals surface area contributed by atoms with Gasteiger partial charge >= 0.3 is 5.97 Å². The van der Waals surface area contributed by atoms with Gasteiger partial charge in [0, 0.05) is 30.3 Å². The third-order valence-corrected chi connectivity index (χ3v) is 6.99. The van der Waals surface area contributed by atoms with E-state index >= 15 is 0 Å². The summed E-state index contributed by atoms with van der Waals surface area (Å²) in [7, 11) is 3.19. The van der Waals surface area contributed by atoms with Crippen LogP contribution < -0.4 is 19.1 Å². The molecule has 3 aliphatic rings. The minimum atomic E-state index is -0.423. The number of nitrogens with zero attached hydrogens (tertiary/aromatic N) is 1. The summed E-state index contributed by atoms with van der Waals surface area (Å²) in [5.41, 5.74) is 6.37. The lowest BCUT2D eigenvalue weighted by Gasteiger charge is -2.42. The van der Waals surface area contributed by atoms with E-state index in [2.05, 4.69) is 23.1 Å². The van der Waals surface area contributed by atoms with Gasteiger partial charge in [-0.1, -0.05) is 6.07 Å². The molecule has 3 aliphatic heterocycles. The summed E-state index contributed by atoms with van der Waals surface area (Å²) in [6.07, 6.45) is 1.78. The third-order valence-electron chi connectivity index (χ3n) is 6.99. The van der Waals surface area contributed by atoms with Gasteiger partial charge in [-0.15, -0.1) is 0 Å². The molecular weight excluding hydrogens is 434 g/mol. The number of carbonyl (C=O) groups is 1. The molecule has 6 rings (SSSR count). The quantitative estimate of drug-likeness (QED) is 0.325. The van der Waals surface area contributed by atoms with Crippen molar-refractivity contribution >= 4 is 5.97 Å². The topological polar surface area (TPSA) is 66.5 Å². The van der Waals surface area contributed by atoms with E-state index < -0.39 is 5.97 Å². The molecule has 0 saturated heterocycles. The molecule has 0 bridgehead atoms. The Bertz CT molecular complexity index is 1270. The molecule has 0 spiro atoms. The Morgan fingerprint density at radius 1 is 1.00 bits per heavy atom. The van der Waals surface area contributed by atoms with Crippen molar-refractivity contribution in [1.82, 2.24) is 4.90 Å². The lowest BCUT2D eigenvalue weighted by molar-refractivity contribution is -0.194. The van der Waals surface area contributed by atoms with E-state index in [0.29, 0.717) is 36.0 Å². The Labute approximate surface area is 197 Å². The van der Waals surface area contributed by atoms with Crippen LogP contribution >= 0.6 is 0 Å². The van der Waals surface area contributed by atoms with Gasteiger partial charge in [0.1, 0.15) is 12.4 Å². The molecule has 1 atom stereocenters. The predicted octanol–water partition coefficient (Wildman–Crippen LogP) is 4.40. The summed E-state index contributed by atoms with van der Waals surface area (Å²) >= 11 is 0. The van der Waals surface area contributed by atoms with Gasteiger partial charge in [-0.2, -0.15) is 4.89 Å². The van der Waals surface area contributed by atoms with Crippen LogP contribution in [0.4, 0.5) is 0 Å². The molecule has 174 valence electrons. The summed E-state index contributed by atoms with van der Waals surface area (Å²) in [6, 6.07) is 15.4. The van der Waals surface area contributed by atoms with Gasteiger partial charge in [-0.3, -0.25) is 4.90 Å². The molecular formula is C27H25NO6. The van der Waals surface area contributed by atoms with Crippen molar-refractivity contribution in [2.75, 3.05) is 20.8 Å². The monoisotopic (exact) mass is 459 g/mol. The molecule has 34 heavy (non-hydrogen) atoms. The first-order valence-corrected chi connectivity index (χ1v) is 11.4. The lowest BCUT2D eigenvalue weighted by atomic mass is 9.83. The van der Waals surface area contributed by atoms with Crippen LogP contribution in [0.2, 0.25) is 0 Å². The number of carbonyl (C=O) groups excluding carboxylic acids is 1. The first-order valence-electron chi connectivity index (χ1n) is 11.4. The van der Waals surface area contributed by atoms with Gasteiger partial charge in [0.2, 0.25) is 0 Å². The second-order valence-corrected chi connectivity index (χ2v) is 8.80. The zero-order valence-corrected chi connectivity index (χ0v) is 19.1. The predicted molar refractivity (Wildman–Crippen MR) is 123 cm³/mol. The molecule has 3 heterocycles. The van der Waals surface area contributed by atoms with Gasteiger partial charge in [-0.25, -0.2) is 4.79 Å². The van der Waals surface area contributed by atoms with Gasteiger partial charge in [0.25, 0.3) is 0 Å². The molecule has 7 heteroatoms. The number of esters is 1. The molecule has 0 amide bonds. The fourth-order valence-electron chi connectivity index (χ4n) is 5.18. The molecule has 0 fully saturated rings. The van der Waals surface area contributed by atoms with Crippen LogP contribution in [0.15, 0.2) is 48.5 Å². The standard InChI is InChI=1S/C27H25NO6/c1-30-20-6-3-16(4-7-20)27(29)33-26-22-14-28-10-9-18-11-19-15-32-34-25(19)13-21(18)23(28)12-17(22)5-8-24(26)31-2/h3-8,11,13,23H,9-10,12,14-15H2,1-2H3. The second kappa shape index (κ2) is 8.34. The normalized spacial score (nSPS) is 18.1. The van der Waals surface area contributed by atoms with Crippen molar-refractivity contribution in [3.8, 4) is 23.0 Å². The van der Waals surface area contributed by atoms with Crippen molar-refractivity contribution in [2.24, 2.45) is 0 Å². The van der Waals surface area contributed by atoms with E-state index in [1.54, 1.807) is 38.5 Å². The molecule has 0 N–H and O–H groups in total. The van der Waals surface area contributed by atoms with Gasteiger partial charge in [0.05, 0.1) is 19.8 Å². The zero-order chi connectivity index (χ0) is 23.2. The van der Waals surface area contributed by atoms with Crippen LogP contribution in [0.3, 0.4) is 0 Å². The molecule has 3 aromatic rings. The molecule has 7 nitrogen and oxygen atoms in total. The summed E-state index contributed by atoms with van der Waals surface area (Å²) < 4.78 is 16.7. The van der Waals surface area contributed by atoms with E-state index in [9.17, 15) is 4.79 Å². The minimum Gasteiger partial charge on any atom is -0.497 e. The summed E-state index contributed by atoms with van der Waals surface area (Å²) in [5, 5.41) is 0. The average molecular weight is 459 g/mol.